The maximum atomic E-state index is 13.6. The molecule has 1 aromatic rings. The van der Waals surface area contributed by atoms with E-state index in [-0.39, 0.29) is 30.5 Å². The zero-order valence-electron chi connectivity index (χ0n) is 18.4. The van der Waals surface area contributed by atoms with E-state index in [0.29, 0.717) is 56.3 Å². The summed E-state index contributed by atoms with van der Waals surface area (Å²) in [7, 11) is 0. The van der Waals surface area contributed by atoms with Crippen molar-refractivity contribution in [1.82, 2.24) is 4.90 Å². The van der Waals surface area contributed by atoms with Crippen molar-refractivity contribution in [2.75, 3.05) is 37.9 Å². The number of hydrogen-bond acceptors (Lipinski definition) is 7. The van der Waals surface area contributed by atoms with Crippen LogP contribution in [0.15, 0.2) is 30.4 Å². The van der Waals surface area contributed by atoms with Gasteiger partial charge in [0.25, 0.3) is 0 Å². The normalized spacial score (nSPS) is 31.9. The van der Waals surface area contributed by atoms with Gasteiger partial charge in [-0.05, 0) is 31.9 Å². The van der Waals surface area contributed by atoms with Crippen molar-refractivity contribution in [3.63, 3.8) is 0 Å². The SMILES string of the molecule is CCOC(=O)C1CCN(C(=O)C2C3C(=O)N(c4ccc5c(c4)OCO5)C[C@]34C=C[C@H]2O4)CC1. The molecular weight excluding hydrogens is 428 g/mol. The Morgan fingerprint density at radius 3 is 2.76 bits per heavy atom. The standard InChI is InChI=1S/C24H26N2O7/c1-2-30-23(29)14-6-9-25(10-7-14)21(27)19-17-5-8-24(33-17)12-26(22(28)20(19)24)15-3-4-16-18(11-15)32-13-31-16/h3-5,8,11,14,17,19-20H,2,6-7,9-10,12-13H2,1H3/t17-,19?,20?,24-/m1/s1. The molecule has 3 fully saturated rings. The van der Waals surface area contributed by atoms with E-state index < -0.39 is 23.5 Å². The molecule has 0 radical (unpaired) electrons. The van der Waals surface area contributed by atoms with E-state index in [0.717, 1.165) is 0 Å². The van der Waals surface area contributed by atoms with Crippen LogP contribution in [0.4, 0.5) is 5.69 Å². The Bertz CT molecular complexity index is 1050. The number of hydrogen-bond donors (Lipinski definition) is 0. The number of nitrogens with zero attached hydrogens (tertiary/aromatic N) is 2. The molecule has 6 rings (SSSR count). The Kier molecular flexibility index (Phi) is 4.65. The monoisotopic (exact) mass is 454 g/mol. The lowest BCUT2D eigenvalue weighted by Crippen LogP contribution is -2.49. The van der Waals surface area contributed by atoms with E-state index in [1.165, 1.54) is 0 Å². The van der Waals surface area contributed by atoms with Gasteiger partial charge in [-0.2, -0.15) is 0 Å². The minimum absolute atomic E-state index is 0.0700. The smallest absolute Gasteiger partial charge is 0.309 e. The predicted molar refractivity (Wildman–Crippen MR) is 115 cm³/mol. The van der Waals surface area contributed by atoms with Crippen LogP contribution in [0.5, 0.6) is 11.5 Å². The molecule has 0 aromatic heterocycles. The maximum Gasteiger partial charge on any atom is 0.309 e. The van der Waals surface area contributed by atoms with Gasteiger partial charge in [0.2, 0.25) is 18.6 Å². The topological polar surface area (TPSA) is 94.6 Å². The first-order valence-electron chi connectivity index (χ1n) is 11.5. The second kappa shape index (κ2) is 7.48. The highest BCUT2D eigenvalue weighted by molar-refractivity contribution is 6.03. The number of piperidine rings is 1. The molecule has 2 bridgehead atoms. The van der Waals surface area contributed by atoms with E-state index in [1.807, 2.05) is 18.2 Å². The lowest BCUT2D eigenvalue weighted by atomic mass is 9.76. The van der Waals surface area contributed by atoms with Crippen molar-refractivity contribution < 1.29 is 33.3 Å². The van der Waals surface area contributed by atoms with Gasteiger partial charge in [0.05, 0.1) is 37.0 Å². The van der Waals surface area contributed by atoms with Crippen molar-refractivity contribution in [3.05, 3.63) is 30.4 Å². The Labute approximate surface area is 191 Å². The van der Waals surface area contributed by atoms with Crippen LogP contribution < -0.4 is 14.4 Å². The van der Waals surface area contributed by atoms with Crippen LogP contribution in [0, 0.1) is 17.8 Å². The minimum atomic E-state index is -0.790. The lowest BCUT2D eigenvalue weighted by molar-refractivity contribution is -0.152. The first kappa shape index (κ1) is 20.5. The number of likely N-dealkylation sites (tertiary alicyclic amines) is 1. The molecule has 4 atom stereocenters. The van der Waals surface area contributed by atoms with Crippen molar-refractivity contribution >= 4 is 23.5 Å². The first-order valence-corrected chi connectivity index (χ1v) is 11.5. The summed E-state index contributed by atoms with van der Waals surface area (Å²) in [6.45, 7) is 3.63. The molecule has 9 heteroatoms. The van der Waals surface area contributed by atoms with Crippen LogP contribution in [0.25, 0.3) is 0 Å². The summed E-state index contributed by atoms with van der Waals surface area (Å²) in [5.74, 6) is -0.409. The second-order valence-electron chi connectivity index (χ2n) is 9.21. The van der Waals surface area contributed by atoms with Crippen molar-refractivity contribution in [2.45, 2.75) is 31.5 Å². The van der Waals surface area contributed by atoms with Crippen molar-refractivity contribution in [1.29, 1.82) is 0 Å². The molecule has 1 aromatic carbocycles. The summed E-state index contributed by atoms with van der Waals surface area (Å²) >= 11 is 0. The molecule has 5 aliphatic heterocycles. The number of amides is 2. The summed E-state index contributed by atoms with van der Waals surface area (Å²) in [6, 6.07) is 5.42. The van der Waals surface area contributed by atoms with Crippen LogP contribution in [-0.4, -0.2) is 67.4 Å². The Morgan fingerprint density at radius 2 is 1.97 bits per heavy atom. The molecule has 9 nitrogen and oxygen atoms in total. The molecule has 5 aliphatic rings. The molecule has 1 spiro atoms. The van der Waals surface area contributed by atoms with Gasteiger partial charge in [-0.1, -0.05) is 12.2 Å². The van der Waals surface area contributed by atoms with E-state index in [4.69, 9.17) is 18.9 Å². The van der Waals surface area contributed by atoms with Gasteiger partial charge in [0, 0.05) is 24.8 Å². The van der Waals surface area contributed by atoms with Crippen LogP contribution in [0.2, 0.25) is 0 Å². The second-order valence-corrected chi connectivity index (χ2v) is 9.21. The van der Waals surface area contributed by atoms with Gasteiger partial charge in [0.15, 0.2) is 11.5 Å². The number of benzene rings is 1. The van der Waals surface area contributed by atoms with Crippen LogP contribution in [0.3, 0.4) is 0 Å². The summed E-state index contributed by atoms with van der Waals surface area (Å²) < 4.78 is 22.2. The number of ether oxygens (including phenoxy) is 4. The molecule has 5 heterocycles. The third-order valence-electron chi connectivity index (χ3n) is 7.48. The molecular formula is C24H26N2O7. The molecule has 174 valence electrons. The van der Waals surface area contributed by atoms with Gasteiger partial charge < -0.3 is 28.7 Å². The fourth-order valence-electron chi connectivity index (χ4n) is 5.86. The number of anilines is 1. The zero-order valence-corrected chi connectivity index (χ0v) is 18.4. The van der Waals surface area contributed by atoms with Crippen molar-refractivity contribution in [2.24, 2.45) is 17.8 Å². The molecule has 0 N–H and O–H groups in total. The molecule has 3 saturated heterocycles. The lowest BCUT2D eigenvalue weighted by Gasteiger charge is -2.34. The Morgan fingerprint density at radius 1 is 1.18 bits per heavy atom. The van der Waals surface area contributed by atoms with E-state index in [1.54, 1.807) is 28.9 Å². The number of carbonyl (C=O) groups excluding carboxylic acids is 3. The van der Waals surface area contributed by atoms with E-state index in [9.17, 15) is 14.4 Å². The highest BCUT2D eigenvalue weighted by atomic mass is 16.7. The number of carbonyl (C=O) groups is 3. The fraction of sp³-hybridized carbons (Fsp3) is 0.542. The summed E-state index contributed by atoms with van der Waals surface area (Å²) in [6.07, 6.45) is 4.62. The highest BCUT2D eigenvalue weighted by Crippen LogP contribution is 2.53. The number of rotatable bonds is 4. The van der Waals surface area contributed by atoms with Gasteiger partial charge >= 0.3 is 5.97 Å². The molecule has 2 amide bonds. The summed E-state index contributed by atoms with van der Waals surface area (Å²) in [5.41, 5.74) is -0.0863. The molecule has 33 heavy (non-hydrogen) atoms. The van der Waals surface area contributed by atoms with Gasteiger partial charge in [0.1, 0.15) is 5.60 Å². The largest absolute Gasteiger partial charge is 0.466 e. The average Bonchev–Trinajstić information content (AvgIpc) is 3.59. The average molecular weight is 454 g/mol. The van der Waals surface area contributed by atoms with Gasteiger partial charge in [-0.3, -0.25) is 14.4 Å². The quantitative estimate of drug-likeness (QED) is 0.503. The van der Waals surface area contributed by atoms with Gasteiger partial charge in [-0.25, -0.2) is 0 Å². The summed E-state index contributed by atoms with van der Waals surface area (Å²) in [5, 5.41) is 0. The highest BCUT2D eigenvalue weighted by Gasteiger charge is 2.67. The van der Waals surface area contributed by atoms with Crippen LogP contribution in [0.1, 0.15) is 19.8 Å². The van der Waals surface area contributed by atoms with Crippen LogP contribution in [-0.2, 0) is 23.9 Å². The van der Waals surface area contributed by atoms with Gasteiger partial charge in [-0.15, -0.1) is 0 Å². The predicted octanol–water partition coefficient (Wildman–Crippen LogP) is 1.50. The molecule has 2 unspecified atom stereocenters. The fourth-order valence-corrected chi connectivity index (χ4v) is 5.86. The maximum absolute atomic E-state index is 13.6. The Hall–Kier alpha value is -3.07. The minimum Gasteiger partial charge on any atom is -0.466 e. The van der Waals surface area contributed by atoms with E-state index >= 15 is 0 Å². The molecule has 0 aliphatic carbocycles. The zero-order chi connectivity index (χ0) is 22.7. The Balaban J connectivity index is 1.20. The third-order valence-corrected chi connectivity index (χ3v) is 7.48. The van der Waals surface area contributed by atoms with Crippen LogP contribution >= 0.6 is 0 Å². The van der Waals surface area contributed by atoms with Crippen molar-refractivity contribution in [3.8, 4) is 11.5 Å². The molecule has 0 saturated carbocycles. The van der Waals surface area contributed by atoms with E-state index in [2.05, 4.69) is 0 Å². The summed E-state index contributed by atoms with van der Waals surface area (Å²) in [4.78, 5) is 42.7. The first-order chi connectivity index (χ1) is 16.0. The number of fused-ring (bicyclic) bond motifs is 2. The third kappa shape index (κ3) is 3.05. The number of esters is 1.